The lowest BCUT2D eigenvalue weighted by Crippen LogP contribution is -2.58. The Hall–Kier alpha value is -3.71. The van der Waals surface area contributed by atoms with Crippen molar-refractivity contribution in [3.63, 3.8) is 0 Å². The Balaban J connectivity index is 2.98. The second kappa shape index (κ2) is 22.0. The van der Waals surface area contributed by atoms with Crippen LogP contribution in [0.1, 0.15) is 112 Å². The molecule has 1 aliphatic rings. The minimum atomic E-state index is -1.21. The summed E-state index contributed by atoms with van der Waals surface area (Å²) in [6.45, 7) is 10.9. The molecule has 1 fully saturated rings. The van der Waals surface area contributed by atoms with Gasteiger partial charge in [0.1, 0.15) is 18.1 Å². The molecule has 14 nitrogen and oxygen atoms in total. The average molecular weight is 667 g/mol. The van der Waals surface area contributed by atoms with E-state index in [0.29, 0.717) is 19.3 Å². The van der Waals surface area contributed by atoms with E-state index in [4.69, 9.17) is 10.5 Å². The molecule has 7 N–H and O–H groups in total. The van der Waals surface area contributed by atoms with Gasteiger partial charge in [0.2, 0.25) is 29.4 Å². The van der Waals surface area contributed by atoms with E-state index in [1.165, 1.54) is 0 Å². The Morgan fingerprint density at radius 3 is 1.94 bits per heavy atom. The third kappa shape index (κ3) is 16.1. The van der Waals surface area contributed by atoms with Crippen LogP contribution in [0.5, 0.6) is 0 Å². The van der Waals surface area contributed by atoms with Crippen molar-refractivity contribution >= 4 is 41.4 Å². The number of ketones is 1. The third-order valence-corrected chi connectivity index (χ3v) is 7.93. The molecule has 1 saturated carbocycles. The Kier molecular flexibility index (Phi) is 19.3. The molecule has 0 spiro atoms. The first-order valence-corrected chi connectivity index (χ1v) is 17.1. The molecule has 1 rings (SSSR count). The number of hydrogen-bond acceptors (Lipinski definition) is 8. The van der Waals surface area contributed by atoms with Crippen LogP contribution in [0.25, 0.3) is 0 Å². The number of amides is 6. The lowest BCUT2D eigenvalue weighted by Gasteiger charge is -2.31. The van der Waals surface area contributed by atoms with Crippen molar-refractivity contribution in [2.24, 2.45) is 23.5 Å². The maximum Gasteiger partial charge on any atom is 0.407 e. The van der Waals surface area contributed by atoms with Crippen molar-refractivity contribution in [3.05, 3.63) is 0 Å². The number of carbonyl (C=O) groups is 7. The fourth-order valence-corrected chi connectivity index (χ4v) is 5.42. The van der Waals surface area contributed by atoms with E-state index in [0.717, 1.165) is 38.5 Å². The normalized spacial score (nSPS) is 15.9. The molecule has 268 valence electrons. The van der Waals surface area contributed by atoms with E-state index < -0.39 is 72.1 Å². The zero-order valence-corrected chi connectivity index (χ0v) is 29.1. The van der Waals surface area contributed by atoms with Crippen LogP contribution in [0.3, 0.4) is 0 Å². The minimum absolute atomic E-state index is 0.0214. The summed E-state index contributed by atoms with van der Waals surface area (Å²) in [6.07, 6.45) is 6.31. The number of carbonyl (C=O) groups excluding carboxylic acids is 7. The number of Topliss-reactive ketones (excluding diaryl/α,β-unsaturated/α-hetero) is 1. The Morgan fingerprint density at radius 1 is 0.745 bits per heavy atom. The van der Waals surface area contributed by atoms with Crippen LogP contribution in [0.2, 0.25) is 0 Å². The van der Waals surface area contributed by atoms with Crippen molar-refractivity contribution in [1.29, 1.82) is 0 Å². The van der Waals surface area contributed by atoms with Crippen LogP contribution >= 0.6 is 0 Å². The van der Waals surface area contributed by atoms with Gasteiger partial charge in [-0.2, -0.15) is 0 Å². The summed E-state index contributed by atoms with van der Waals surface area (Å²) >= 11 is 0. The van der Waals surface area contributed by atoms with E-state index in [1.807, 2.05) is 34.6 Å². The Labute approximate surface area is 279 Å². The maximum atomic E-state index is 13.6. The summed E-state index contributed by atoms with van der Waals surface area (Å²) in [6, 6.07) is -4.05. The zero-order chi connectivity index (χ0) is 35.5. The highest BCUT2D eigenvalue weighted by Gasteiger charge is 2.35. The fraction of sp³-hybridized carbons (Fsp3) is 0.788. The topological polar surface area (TPSA) is 215 Å². The molecule has 0 heterocycles. The first kappa shape index (κ1) is 41.3. The van der Waals surface area contributed by atoms with Gasteiger partial charge in [0, 0.05) is 0 Å². The Bertz CT molecular complexity index is 1060. The summed E-state index contributed by atoms with van der Waals surface area (Å²) in [7, 11) is 0. The van der Waals surface area contributed by atoms with Gasteiger partial charge in [-0.3, -0.25) is 28.8 Å². The van der Waals surface area contributed by atoms with Gasteiger partial charge < -0.3 is 37.1 Å². The van der Waals surface area contributed by atoms with Crippen LogP contribution in [0.4, 0.5) is 4.79 Å². The average Bonchev–Trinajstić information content (AvgIpc) is 3.02. The minimum Gasteiger partial charge on any atom is -0.449 e. The van der Waals surface area contributed by atoms with Crippen molar-refractivity contribution in [2.75, 3.05) is 13.2 Å². The highest BCUT2D eigenvalue weighted by atomic mass is 16.5. The predicted molar refractivity (Wildman–Crippen MR) is 177 cm³/mol. The molecule has 4 atom stereocenters. The second-order valence-corrected chi connectivity index (χ2v) is 13.3. The second-order valence-electron chi connectivity index (χ2n) is 13.3. The van der Waals surface area contributed by atoms with E-state index in [2.05, 4.69) is 26.6 Å². The summed E-state index contributed by atoms with van der Waals surface area (Å²) in [5, 5.41) is 12.8. The van der Waals surface area contributed by atoms with Gasteiger partial charge in [-0.1, -0.05) is 80.1 Å². The van der Waals surface area contributed by atoms with Crippen LogP contribution in [0.15, 0.2) is 0 Å². The first-order chi connectivity index (χ1) is 22.2. The molecule has 0 bridgehead atoms. The lowest BCUT2D eigenvalue weighted by molar-refractivity contribution is -0.141. The predicted octanol–water partition coefficient (Wildman–Crippen LogP) is 1.98. The molecule has 0 saturated heterocycles. The summed E-state index contributed by atoms with van der Waals surface area (Å²) < 4.78 is 5.27. The number of unbranched alkanes of at least 4 members (excludes halogenated alkanes) is 1. The number of ether oxygens (including phenoxy) is 1. The summed E-state index contributed by atoms with van der Waals surface area (Å²) in [4.78, 5) is 89.5. The number of rotatable bonds is 21. The van der Waals surface area contributed by atoms with E-state index in [1.54, 1.807) is 6.92 Å². The van der Waals surface area contributed by atoms with Crippen molar-refractivity contribution in [2.45, 2.75) is 136 Å². The zero-order valence-electron chi connectivity index (χ0n) is 29.1. The van der Waals surface area contributed by atoms with Crippen LogP contribution in [-0.2, 0) is 33.5 Å². The van der Waals surface area contributed by atoms with Gasteiger partial charge in [-0.05, 0) is 49.9 Å². The third-order valence-electron chi connectivity index (χ3n) is 7.93. The van der Waals surface area contributed by atoms with Gasteiger partial charge >= 0.3 is 6.09 Å². The largest absolute Gasteiger partial charge is 0.449 e. The quantitative estimate of drug-likeness (QED) is 0.0994. The van der Waals surface area contributed by atoms with E-state index >= 15 is 0 Å². The summed E-state index contributed by atoms with van der Waals surface area (Å²) in [5.74, 6) is -4.60. The fourth-order valence-electron chi connectivity index (χ4n) is 5.42. The highest BCUT2D eigenvalue weighted by Crippen LogP contribution is 2.27. The van der Waals surface area contributed by atoms with Crippen molar-refractivity contribution in [3.8, 4) is 0 Å². The molecular weight excluding hydrogens is 608 g/mol. The maximum absolute atomic E-state index is 13.6. The molecule has 1 unspecified atom stereocenters. The first-order valence-electron chi connectivity index (χ1n) is 17.1. The smallest absolute Gasteiger partial charge is 0.407 e. The number of nitrogens with two attached hydrogens (primary N) is 1. The van der Waals surface area contributed by atoms with Gasteiger partial charge in [0.05, 0.1) is 19.2 Å². The van der Waals surface area contributed by atoms with E-state index in [-0.39, 0.29) is 37.2 Å². The molecule has 6 amide bonds. The van der Waals surface area contributed by atoms with Crippen molar-refractivity contribution in [1.82, 2.24) is 26.6 Å². The lowest BCUT2D eigenvalue weighted by atomic mass is 9.83. The molecule has 1 aliphatic carbocycles. The van der Waals surface area contributed by atoms with Gasteiger partial charge in [-0.15, -0.1) is 0 Å². The number of hydrogen-bond donors (Lipinski definition) is 6. The van der Waals surface area contributed by atoms with Crippen LogP contribution < -0.4 is 32.3 Å². The molecule has 0 aromatic rings. The molecule has 0 radical (unpaired) electrons. The number of primary amides is 1. The van der Waals surface area contributed by atoms with Gasteiger partial charge in [0.25, 0.3) is 5.91 Å². The highest BCUT2D eigenvalue weighted by molar-refractivity contribution is 6.38. The Morgan fingerprint density at radius 2 is 1.38 bits per heavy atom. The SMILES string of the molecule is CCCC[C@H](NC(=O)CNC(=O)C(=O)C(CCC)NC(=O)[C@H](CC(C)C)NC(=O)[C@@H](NC(=O)OCC(C)C)C1CCCCC1)C(N)=O. The molecule has 14 heteroatoms. The molecule has 0 aromatic carbocycles. The molecule has 0 aromatic heterocycles. The van der Waals surface area contributed by atoms with E-state index in [9.17, 15) is 33.6 Å². The molecule has 47 heavy (non-hydrogen) atoms. The van der Waals surface area contributed by atoms with Crippen molar-refractivity contribution < 1.29 is 38.3 Å². The molecule has 0 aliphatic heterocycles. The monoisotopic (exact) mass is 666 g/mol. The van der Waals surface area contributed by atoms with Gasteiger partial charge in [0.15, 0.2) is 0 Å². The number of alkyl carbamates (subject to hydrolysis) is 1. The summed E-state index contributed by atoms with van der Waals surface area (Å²) in [5.41, 5.74) is 5.35. The van der Waals surface area contributed by atoms with Gasteiger partial charge in [-0.25, -0.2) is 4.79 Å². The molecular formula is C33H58N6O8. The standard InChI is InChI=1S/C33H58N6O8/c1-7-9-16-24(29(34)42)36-26(40)18-35-32(45)28(41)23(13-8-2)37-30(43)25(17-20(3)4)38-31(44)27(22-14-11-10-12-15-22)39-33(46)47-19-21(5)6/h20-25,27H,7-19H2,1-6H3,(H2,34,42)(H,35,45)(H,36,40)(H,37,43)(H,38,44)(H,39,46)/t23?,24-,25-,27-/m0/s1. The number of nitrogens with one attached hydrogen (secondary N) is 5. The van der Waals surface area contributed by atoms with Crippen LogP contribution in [0, 0.1) is 17.8 Å². The van der Waals surface area contributed by atoms with Crippen LogP contribution in [-0.4, -0.2) is 78.7 Å².